The largest absolute Gasteiger partial charge is 0.497 e. The quantitative estimate of drug-likeness (QED) is 0.394. The Hall–Kier alpha value is -3.57. The van der Waals surface area contributed by atoms with E-state index in [1.807, 2.05) is 42.5 Å². The fourth-order valence-corrected chi connectivity index (χ4v) is 4.00. The van der Waals surface area contributed by atoms with Crippen LogP contribution in [0, 0.1) is 0 Å². The molecule has 1 atom stereocenters. The van der Waals surface area contributed by atoms with Crippen LogP contribution < -0.4 is 9.47 Å². The number of fused-ring (bicyclic) bond motifs is 3. The molecular formula is C27H26O5. The smallest absolute Gasteiger partial charge is 0.333 e. The Morgan fingerprint density at radius 2 is 1.62 bits per heavy atom. The van der Waals surface area contributed by atoms with Crippen LogP contribution in [-0.2, 0) is 16.0 Å². The summed E-state index contributed by atoms with van der Waals surface area (Å²) in [5.74, 6) is 0.601. The second kappa shape index (κ2) is 9.71. The zero-order chi connectivity index (χ0) is 22.5. The molecule has 0 radical (unpaired) electrons. The highest BCUT2D eigenvalue weighted by atomic mass is 16.5. The number of rotatable bonds is 9. The van der Waals surface area contributed by atoms with Crippen molar-refractivity contribution in [1.82, 2.24) is 0 Å². The topological polar surface area (TPSA) is 65.0 Å². The maximum Gasteiger partial charge on any atom is 0.333 e. The summed E-state index contributed by atoms with van der Waals surface area (Å²) in [6, 6.07) is 22.0. The van der Waals surface area contributed by atoms with Crippen molar-refractivity contribution < 1.29 is 24.1 Å². The highest BCUT2D eigenvalue weighted by Crippen LogP contribution is 2.45. The van der Waals surface area contributed by atoms with Crippen LogP contribution in [0.4, 0.5) is 0 Å². The Balaban J connectivity index is 1.48. The first-order chi connectivity index (χ1) is 15.6. The third kappa shape index (κ3) is 4.53. The molecule has 0 bridgehead atoms. The lowest BCUT2D eigenvalue weighted by molar-refractivity contribution is -0.149. The molecule has 0 aliphatic heterocycles. The molecule has 1 aliphatic rings. The highest BCUT2D eigenvalue weighted by molar-refractivity contribution is 6.01. The van der Waals surface area contributed by atoms with Gasteiger partial charge in [-0.2, -0.15) is 0 Å². The van der Waals surface area contributed by atoms with Crippen LogP contribution in [0.3, 0.4) is 0 Å². The number of carbonyl (C=O) groups is 1. The third-order valence-electron chi connectivity index (χ3n) is 5.55. The minimum atomic E-state index is -0.951. The van der Waals surface area contributed by atoms with Gasteiger partial charge in [0.05, 0.1) is 7.11 Å². The Bertz CT molecular complexity index is 1130. The van der Waals surface area contributed by atoms with Gasteiger partial charge in [0.1, 0.15) is 18.1 Å². The normalized spacial score (nSPS) is 14.0. The van der Waals surface area contributed by atoms with E-state index in [2.05, 4.69) is 30.3 Å². The molecule has 5 heteroatoms. The van der Waals surface area contributed by atoms with Gasteiger partial charge in [0.2, 0.25) is 0 Å². The van der Waals surface area contributed by atoms with E-state index >= 15 is 0 Å². The van der Waals surface area contributed by atoms with Crippen molar-refractivity contribution in [3.8, 4) is 22.6 Å². The average molecular weight is 431 g/mol. The predicted octanol–water partition coefficient (Wildman–Crippen LogP) is 5.22. The minimum Gasteiger partial charge on any atom is -0.497 e. The van der Waals surface area contributed by atoms with Crippen molar-refractivity contribution in [2.24, 2.45) is 0 Å². The van der Waals surface area contributed by atoms with E-state index in [1.165, 1.54) is 16.7 Å². The van der Waals surface area contributed by atoms with Gasteiger partial charge in [-0.1, -0.05) is 42.5 Å². The first kappa shape index (κ1) is 21.7. The van der Waals surface area contributed by atoms with Crippen molar-refractivity contribution in [2.45, 2.75) is 19.4 Å². The second-order valence-electron chi connectivity index (χ2n) is 7.52. The lowest BCUT2D eigenvalue weighted by Crippen LogP contribution is -2.26. The standard InChI is InChI=1S/C27H26O5/c1-3-31-26(27(28)29)16-18-8-10-19(11-9-18)32-15-14-24-22-7-5-4-6-21(22)23-13-12-20(30-2)17-25(23)24/h4-14,17,26H,3,15-16H2,1-2H3,(H,28,29). The van der Waals surface area contributed by atoms with Gasteiger partial charge < -0.3 is 19.3 Å². The number of carboxylic acids is 1. The van der Waals surface area contributed by atoms with Crippen molar-refractivity contribution in [2.75, 3.05) is 20.3 Å². The number of carboxylic acid groups (broad SMARTS) is 1. The van der Waals surface area contributed by atoms with E-state index in [0.717, 1.165) is 28.2 Å². The zero-order valence-electron chi connectivity index (χ0n) is 18.2. The Morgan fingerprint density at radius 1 is 0.938 bits per heavy atom. The van der Waals surface area contributed by atoms with Gasteiger partial charge in [-0.3, -0.25) is 0 Å². The highest BCUT2D eigenvalue weighted by Gasteiger charge is 2.23. The maximum absolute atomic E-state index is 11.3. The monoisotopic (exact) mass is 430 g/mol. The predicted molar refractivity (Wildman–Crippen MR) is 124 cm³/mol. The summed E-state index contributed by atoms with van der Waals surface area (Å²) < 4.78 is 16.7. The van der Waals surface area contributed by atoms with Crippen LogP contribution in [0.15, 0.2) is 72.8 Å². The van der Waals surface area contributed by atoms with E-state index in [-0.39, 0.29) is 0 Å². The van der Waals surface area contributed by atoms with Gasteiger partial charge in [0, 0.05) is 13.0 Å². The fraction of sp³-hybridized carbons (Fsp3) is 0.222. The van der Waals surface area contributed by atoms with Gasteiger partial charge in [-0.25, -0.2) is 4.79 Å². The Labute approximate surface area is 187 Å². The molecule has 3 aromatic carbocycles. The van der Waals surface area contributed by atoms with Crippen molar-refractivity contribution in [3.63, 3.8) is 0 Å². The van der Waals surface area contributed by atoms with Crippen LogP contribution in [0.1, 0.15) is 23.6 Å². The van der Waals surface area contributed by atoms with E-state index in [4.69, 9.17) is 14.2 Å². The molecule has 164 valence electrons. The molecule has 4 rings (SSSR count). The second-order valence-corrected chi connectivity index (χ2v) is 7.52. The molecule has 32 heavy (non-hydrogen) atoms. The molecule has 0 saturated heterocycles. The molecule has 1 N–H and O–H groups in total. The zero-order valence-corrected chi connectivity index (χ0v) is 18.2. The molecule has 0 spiro atoms. The van der Waals surface area contributed by atoms with Crippen LogP contribution >= 0.6 is 0 Å². The first-order valence-electron chi connectivity index (χ1n) is 10.6. The average Bonchev–Trinajstić information content (AvgIpc) is 3.13. The maximum atomic E-state index is 11.3. The summed E-state index contributed by atoms with van der Waals surface area (Å²) in [6.07, 6.45) is 1.58. The number of hydrogen-bond acceptors (Lipinski definition) is 4. The van der Waals surface area contributed by atoms with E-state index in [9.17, 15) is 9.90 Å². The van der Waals surface area contributed by atoms with E-state index < -0.39 is 12.1 Å². The number of aliphatic carboxylic acids is 1. The van der Waals surface area contributed by atoms with E-state index in [0.29, 0.717) is 19.6 Å². The molecule has 1 aliphatic carbocycles. The van der Waals surface area contributed by atoms with Crippen LogP contribution in [0.25, 0.3) is 16.7 Å². The first-order valence-corrected chi connectivity index (χ1v) is 10.6. The summed E-state index contributed by atoms with van der Waals surface area (Å²) >= 11 is 0. The number of hydrogen-bond donors (Lipinski definition) is 1. The number of ether oxygens (including phenoxy) is 3. The Morgan fingerprint density at radius 3 is 2.31 bits per heavy atom. The number of benzene rings is 3. The molecular weight excluding hydrogens is 404 g/mol. The summed E-state index contributed by atoms with van der Waals surface area (Å²) in [6.45, 7) is 2.57. The summed E-state index contributed by atoms with van der Waals surface area (Å²) in [5, 5.41) is 9.25. The van der Waals surface area contributed by atoms with Crippen LogP contribution in [-0.4, -0.2) is 37.5 Å². The molecule has 3 aromatic rings. The SMILES string of the molecule is CCOC(Cc1ccc(OCC=C2c3ccccc3-c3ccc(OC)cc32)cc1)C(=O)O. The molecule has 0 amide bonds. The van der Waals surface area contributed by atoms with Crippen molar-refractivity contribution >= 4 is 11.5 Å². The molecule has 5 nitrogen and oxygen atoms in total. The third-order valence-corrected chi connectivity index (χ3v) is 5.55. The molecule has 0 aromatic heterocycles. The van der Waals surface area contributed by atoms with E-state index in [1.54, 1.807) is 14.0 Å². The molecule has 0 saturated carbocycles. The van der Waals surface area contributed by atoms with Crippen LogP contribution in [0.5, 0.6) is 11.5 Å². The molecule has 0 fully saturated rings. The van der Waals surface area contributed by atoms with Gasteiger partial charge >= 0.3 is 5.97 Å². The van der Waals surface area contributed by atoms with Gasteiger partial charge in [-0.15, -0.1) is 0 Å². The van der Waals surface area contributed by atoms with Crippen molar-refractivity contribution in [1.29, 1.82) is 0 Å². The minimum absolute atomic E-state index is 0.322. The fourth-order valence-electron chi connectivity index (χ4n) is 4.00. The van der Waals surface area contributed by atoms with Gasteiger partial charge in [-0.05, 0) is 70.7 Å². The summed E-state index contributed by atoms with van der Waals surface area (Å²) in [7, 11) is 1.67. The van der Waals surface area contributed by atoms with Crippen LogP contribution in [0.2, 0.25) is 0 Å². The lowest BCUT2D eigenvalue weighted by Gasteiger charge is -2.12. The lowest BCUT2D eigenvalue weighted by atomic mass is 10.0. The summed E-state index contributed by atoms with van der Waals surface area (Å²) in [4.78, 5) is 11.3. The number of methoxy groups -OCH3 is 1. The Kier molecular flexibility index (Phi) is 6.57. The van der Waals surface area contributed by atoms with Gasteiger partial charge in [0.15, 0.2) is 6.10 Å². The summed E-state index contributed by atoms with van der Waals surface area (Å²) in [5.41, 5.74) is 6.75. The molecule has 0 heterocycles. The van der Waals surface area contributed by atoms with Crippen molar-refractivity contribution in [3.05, 3.63) is 89.5 Å². The molecule has 1 unspecified atom stereocenters. The van der Waals surface area contributed by atoms with Gasteiger partial charge in [0.25, 0.3) is 0 Å².